The Morgan fingerprint density at radius 3 is 2.48 bits per heavy atom. The summed E-state index contributed by atoms with van der Waals surface area (Å²) in [5, 5.41) is 0.760. The van der Waals surface area contributed by atoms with E-state index in [1.165, 1.54) is 6.07 Å². The third-order valence-corrected chi connectivity index (χ3v) is 5.89. The van der Waals surface area contributed by atoms with Crippen molar-refractivity contribution in [1.82, 2.24) is 9.71 Å². The summed E-state index contributed by atoms with van der Waals surface area (Å²) in [6, 6.07) is 9.52. The second-order valence-corrected chi connectivity index (χ2v) is 7.94. The van der Waals surface area contributed by atoms with Crippen molar-refractivity contribution in [2.24, 2.45) is 0 Å². The highest BCUT2D eigenvalue weighted by Gasteiger charge is 2.38. The number of para-hydroxylation sites is 1. The van der Waals surface area contributed by atoms with Crippen molar-refractivity contribution in [3.63, 3.8) is 0 Å². The number of alkyl halides is 3. The van der Waals surface area contributed by atoms with E-state index in [9.17, 15) is 26.4 Å². The largest absolute Gasteiger partial charge is 0.468 e. The van der Waals surface area contributed by atoms with E-state index in [2.05, 4.69) is 14.4 Å². The maximum Gasteiger partial charge on any atom is 0.417 e. The minimum absolute atomic E-state index is 0.107. The van der Waals surface area contributed by atoms with Gasteiger partial charge in [0.15, 0.2) is 0 Å². The molecule has 154 valence electrons. The van der Waals surface area contributed by atoms with Crippen LogP contribution in [0.25, 0.3) is 10.9 Å². The maximum absolute atomic E-state index is 13.2. The number of methoxy groups -OCH3 is 1. The molecule has 0 aliphatic carbocycles. The van der Waals surface area contributed by atoms with Crippen LogP contribution in [0.3, 0.4) is 0 Å². The quantitative estimate of drug-likeness (QED) is 0.593. The Kier molecular flexibility index (Phi) is 5.67. The highest BCUT2D eigenvalue weighted by molar-refractivity contribution is 7.89. The number of benzene rings is 2. The molecule has 1 atom stereocenters. The summed E-state index contributed by atoms with van der Waals surface area (Å²) in [6.45, 7) is 0. The van der Waals surface area contributed by atoms with Crippen LogP contribution in [0, 0.1) is 0 Å². The lowest BCUT2D eigenvalue weighted by atomic mass is 10.1. The number of rotatable bonds is 6. The Balaban J connectivity index is 1.96. The number of aromatic nitrogens is 1. The first-order chi connectivity index (χ1) is 13.6. The molecule has 0 bridgehead atoms. The number of aromatic amines is 1. The monoisotopic (exact) mass is 426 g/mol. The Hall–Kier alpha value is -2.85. The topological polar surface area (TPSA) is 88.3 Å². The number of ether oxygens (including phenoxy) is 1. The predicted octanol–water partition coefficient (Wildman–Crippen LogP) is 3.25. The van der Waals surface area contributed by atoms with E-state index in [-0.39, 0.29) is 6.42 Å². The molecular weight excluding hydrogens is 409 g/mol. The summed E-state index contributed by atoms with van der Waals surface area (Å²) >= 11 is 0. The summed E-state index contributed by atoms with van der Waals surface area (Å²) in [6.07, 6.45) is -3.37. The van der Waals surface area contributed by atoms with Gasteiger partial charge in [0.1, 0.15) is 6.04 Å². The third-order valence-electron chi connectivity index (χ3n) is 4.36. The highest BCUT2D eigenvalue weighted by atomic mass is 32.2. The molecule has 2 aromatic carbocycles. The predicted molar refractivity (Wildman–Crippen MR) is 99.6 cm³/mol. The van der Waals surface area contributed by atoms with E-state index in [0.717, 1.165) is 30.1 Å². The number of hydrogen-bond donors (Lipinski definition) is 2. The summed E-state index contributed by atoms with van der Waals surface area (Å²) in [5.74, 6) is -0.914. The molecule has 0 fully saturated rings. The van der Waals surface area contributed by atoms with Gasteiger partial charge in [-0.15, -0.1) is 0 Å². The van der Waals surface area contributed by atoms with E-state index in [0.29, 0.717) is 11.6 Å². The SMILES string of the molecule is COC(=O)[C@@H](Cc1c[nH]c2ccccc12)NS(=O)(=O)c1ccccc1C(F)(F)F. The van der Waals surface area contributed by atoms with Gasteiger partial charge in [-0.1, -0.05) is 30.3 Å². The van der Waals surface area contributed by atoms with Gasteiger partial charge in [-0.2, -0.15) is 17.9 Å². The zero-order valence-corrected chi connectivity index (χ0v) is 16.0. The van der Waals surface area contributed by atoms with Crippen molar-refractivity contribution in [2.45, 2.75) is 23.5 Å². The fraction of sp³-hybridized carbons (Fsp3) is 0.211. The lowest BCUT2D eigenvalue weighted by Gasteiger charge is -2.18. The van der Waals surface area contributed by atoms with Gasteiger partial charge in [0.2, 0.25) is 10.0 Å². The Labute approximate surface area is 164 Å². The van der Waals surface area contributed by atoms with Gasteiger partial charge in [0, 0.05) is 23.5 Å². The van der Waals surface area contributed by atoms with Crippen LogP contribution in [0.5, 0.6) is 0 Å². The molecule has 6 nitrogen and oxygen atoms in total. The molecule has 3 rings (SSSR count). The first kappa shape index (κ1) is 20.9. The summed E-state index contributed by atoms with van der Waals surface area (Å²) < 4.78 is 71.8. The molecule has 0 radical (unpaired) electrons. The van der Waals surface area contributed by atoms with E-state index in [1.54, 1.807) is 30.5 Å². The van der Waals surface area contributed by atoms with Gasteiger partial charge in [0.05, 0.1) is 17.6 Å². The number of H-pyrrole nitrogens is 1. The molecule has 3 aromatic rings. The van der Waals surface area contributed by atoms with Crippen LogP contribution in [0.2, 0.25) is 0 Å². The van der Waals surface area contributed by atoms with Crippen molar-refractivity contribution in [2.75, 3.05) is 7.11 Å². The van der Waals surface area contributed by atoms with Crippen molar-refractivity contribution in [1.29, 1.82) is 0 Å². The molecule has 0 unspecified atom stereocenters. The molecule has 0 aliphatic rings. The number of esters is 1. The highest BCUT2D eigenvalue weighted by Crippen LogP contribution is 2.34. The van der Waals surface area contributed by atoms with Crippen molar-refractivity contribution in [3.8, 4) is 0 Å². The lowest BCUT2D eigenvalue weighted by molar-refractivity contribution is -0.142. The van der Waals surface area contributed by atoms with Crippen LogP contribution in [-0.2, 0) is 32.2 Å². The molecular formula is C19H17F3N2O4S. The summed E-state index contributed by atoms with van der Waals surface area (Å²) in [7, 11) is -3.59. The van der Waals surface area contributed by atoms with Gasteiger partial charge in [-0.3, -0.25) is 4.79 Å². The van der Waals surface area contributed by atoms with Crippen LogP contribution >= 0.6 is 0 Å². The maximum atomic E-state index is 13.2. The molecule has 0 aliphatic heterocycles. The van der Waals surface area contributed by atoms with Gasteiger partial charge in [-0.05, 0) is 23.8 Å². The average molecular weight is 426 g/mol. The minimum Gasteiger partial charge on any atom is -0.468 e. The number of halogens is 3. The van der Waals surface area contributed by atoms with Crippen LogP contribution in [-0.4, -0.2) is 32.5 Å². The number of carbonyl (C=O) groups is 1. The zero-order chi connectivity index (χ0) is 21.2. The smallest absolute Gasteiger partial charge is 0.417 e. The number of hydrogen-bond acceptors (Lipinski definition) is 4. The molecule has 0 spiro atoms. The van der Waals surface area contributed by atoms with Gasteiger partial charge < -0.3 is 9.72 Å². The van der Waals surface area contributed by atoms with Crippen molar-refractivity contribution in [3.05, 3.63) is 65.9 Å². The molecule has 2 N–H and O–H groups in total. The zero-order valence-electron chi connectivity index (χ0n) is 15.2. The number of fused-ring (bicyclic) bond motifs is 1. The number of nitrogens with one attached hydrogen (secondary N) is 2. The van der Waals surface area contributed by atoms with E-state index in [1.807, 2.05) is 0 Å². The Bertz CT molecular complexity index is 1140. The van der Waals surface area contributed by atoms with E-state index < -0.39 is 38.7 Å². The van der Waals surface area contributed by atoms with Crippen molar-refractivity contribution >= 4 is 26.9 Å². The first-order valence-electron chi connectivity index (χ1n) is 8.45. The summed E-state index contributed by atoms with van der Waals surface area (Å²) in [5.41, 5.74) is 0.0717. The van der Waals surface area contributed by atoms with Crippen LogP contribution in [0.1, 0.15) is 11.1 Å². The second kappa shape index (κ2) is 7.88. The Morgan fingerprint density at radius 2 is 1.79 bits per heavy atom. The average Bonchev–Trinajstić information content (AvgIpc) is 3.09. The fourth-order valence-electron chi connectivity index (χ4n) is 3.02. The minimum atomic E-state index is -4.87. The van der Waals surface area contributed by atoms with Crippen molar-refractivity contribution < 1.29 is 31.1 Å². The fourth-order valence-corrected chi connectivity index (χ4v) is 4.43. The van der Waals surface area contributed by atoms with E-state index >= 15 is 0 Å². The molecule has 0 saturated heterocycles. The molecule has 29 heavy (non-hydrogen) atoms. The molecule has 0 amide bonds. The standard InChI is InChI=1S/C19H17F3N2O4S/c1-28-18(25)16(10-12-11-23-15-8-4-2-6-13(12)15)24-29(26,27)17-9-5-3-7-14(17)19(20,21)22/h2-9,11,16,23-24H,10H2,1H3/t16-/m1/s1. The van der Waals surface area contributed by atoms with Gasteiger partial charge >= 0.3 is 12.1 Å². The van der Waals surface area contributed by atoms with Gasteiger partial charge in [-0.25, -0.2) is 8.42 Å². The second-order valence-electron chi connectivity index (χ2n) is 6.25. The summed E-state index contributed by atoms with van der Waals surface area (Å²) in [4.78, 5) is 14.2. The molecule has 1 heterocycles. The van der Waals surface area contributed by atoms with Crippen LogP contribution < -0.4 is 4.72 Å². The molecule has 10 heteroatoms. The lowest BCUT2D eigenvalue weighted by Crippen LogP contribution is -2.43. The molecule has 1 aromatic heterocycles. The number of sulfonamides is 1. The van der Waals surface area contributed by atoms with E-state index in [4.69, 9.17) is 0 Å². The first-order valence-corrected chi connectivity index (χ1v) is 9.93. The third kappa shape index (κ3) is 4.43. The molecule has 0 saturated carbocycles. The normalized spacial score (nSPS) is 13.4. The number of carbonyl (C=O) groups excluding carboxylic acids is 1. The van der Waals surface area contributed by atoms with Crippen LogP contribution in [0.4, 0.5) is 13.2 Å². The van der Waals surface area contributed by atoms with Crippen LogP contribution in [0.15, 0.2) is 59.6 Å². The van der Waals surface area contributed by atoms with Gasteiger partial charge in [0.25, 0.3) is 0 Å². The Morgan fingerprint density at radius 1 is 1.14 bits per heavy atom.